The molecule has 2 nitrogen and oxygen atoms in total. The Bertz CT molecular complexity index is 908. The predicted octanol–water partition coefficient (Wildman–Crippen LogP) is 4.77. The first-order valence-corrected chi connectivity index (χ1v) is 7.89. The quantitative estimate of drug-likeness (QED) is 0.650. The van der Waals surface area contributed by atoms with E-state index >= 15 is 0 Å². The van der Waals surface area contributed by atoms with Crippen molar-refractivity contribution in [1.82, 2.24) is 0 Å². The molecule has 0 aliphatic rings. The highest BCUT2D eigenvalue weighted by Gasteiger charge is 2.22. The third-order valence-electron chi connectivity index (χ3n) is 4.17. The van der Waals surface area contributed by atoms with Gasteiger partial charge in [-0.25, -0.2) is 0 Å². The highest BCUT2D eigenvalue weighted by molar-refractivity contribution is 6.20. The topological polar surface area (TPSA) is 34.1 Å². The van der Waals surface area contributed by atoms with Crippen molar-refractivity contribution in [2.45, 2.75) is 13.8 Å². The maximum atomic E-state index is 13.1. The molecule has 0 heterocycles. The van der Waals surface area contributed by atoms with Crippen molar-refractivity contribution in [2.75, 3.05) is 0 Å². The van der Waals surface area contributed by atoms with Gasteiger partial charge in [-0.1, -0.05) is 72.8 Å². The van der Waals surface area contributed by atoms with Crippen molar-refractivity contribution >= 4 is 11.6 Å². The lowest BCUT2D eigenvalue weighted by atomic mass is 9.89. The standard InChI is InChI=1S/C22H18O2/c1-15-9-6-7-13-18(15)22(24)20-16(2)10-8-14-19(20)21(23)17-11-4-3-5-12-17/h3-14H,1-2H3. The molecule has 0 aliphatic carbocycles. The number of hydrogen-bond donors (Lipinski definition) is 0. The summed E-state index contributed by atoms with van der Waals surface area (Å²) in [6, 6.07) is 21.9. The summed E-state index contributed by atoms with van der Waals surface area (Å²) in [5, 5.41) is 0. The lowest BCUT2D eigenvalue weighted by molar-refractivity contribution is 0.100. The molecule has 0 unspecified atom stereocenters. The van der Waals surface area contributed by atoms with E-state index in [9.17, 15) is 9.59 Å². The Balaban J connectivity index is 2.14. The lowest BCUT2D eigenvalue weighted by Crippen LogP contribution is -2.13. The van der Waals surface area contributed by atoms with Crippen LogP contribution in [0.1, 0.15) is 43.0 Å². The van der Waals surface area contributed by atoms with E-state index in [-0.39, 0.29) is 11.6 Å². The SMILES string of the molecule is Cc1ccccc1C(=O)c1c(C)cccc1C(=O)c1ccccc1. The predicted molar refractivity (Wildman–Crippen MR) is 95.7 cm³/mol. The minimum atomic E-state index is -0.128. The molecule has 0 saturated carbocycles. The van der Waals surface area contributed by atoms with Gasteiger partial charge in [-0.15, -0.1) is 0 Å². The second kappa shape index (κ2) is 6.63. The van der Waals surface area contributed by atoms with Crippen molar-refractivity contribution in [3.05, 3.63) is 106 Å². The zero-order valence-corrected chi connectivity index (χ0v) is 13.7. The average molecular weight is 314 g/mol. The molecule has 3 aromatic rings. The second-order valence-corrected chi connectivity index (χ2v) is 5.84. The normalized spacial score (nSPS) is 10.4. The molecule has 24 heavy (non-hydrogen) atoms. The molecule has 0 amide bonds. The van der Waals surface area contributed by atoms with Crippen molar-refractivity contribution in [3.8, 4) is 0 Å². The van der Waals surface area contributed by atoms with Crippen LogP contribution in [-0.4, -0.2) is 11.6 Å². The van der Waals surface area contributed by atoms with Crippen molar-refractivity contribution < 1.29 is 9.59 Å². The van der Waals surface area contributed by atoms with Crippen molar-refractivity contribution in [2.24, 2.45) is 0 Å². The number of aryl methyl sites for hydroxylation is 2. The molecule has 0 spiro atoms. The summed E-state index contributed by atoms with van der Waals surface area (Å²) in [4.78, 5) is 26.0. The van der Waals surface area contributed by atoms with Gasteiger partial charge in [0.1, 0.15) is 0 Å². The zero-order chi connectivity index (χ0) is 17.1. The number of benzene rings is 3. The molecule has 0 bridgehead atoms. The van der Waals surface area contributed by atoms with Crippen molar-refractivity contribution in [3.63, 3.8) is 0 Å². The fraction of sp³-hybridized carbons (Fsp3) is 0.0909. The van der Waals surface area contributed by atoms with Gasteiger partial charge in [0.25, 0.3) is 0 Å². The number of carbonyl (C=O) groups excluding carboxylic acids is 2. The van der Waals surface area contributed by atoms with Crippen LogP contribution in [0, 0.1) is 13.8 Å². The largest absolute Gasteiger partial charge is 0.289 e. The molecule has 0 aliphatic heterocycles. The van der Waals surface area contributed by atoms with E-state index in [0.717, 1.165) is 11.1 Å². The highest BCUT2D eigenvalue weighted by atomic mass is 16.1. The average Bonchev–Trinajstić information content (AvgIpc) is 2.61. The van der Waals surface area contributed by atoms with Gasteiger partial charge in [0.2, 0.25) is 0 Å². The van der Waals surface area contributed by atoms with Gasteiger partial charge in [-0.2, -0.15) is 0 Å². The zero-order valence-electron chi connectivity index (χ0n) is 13.7. The van der Waals surface area contributed by atoms with Crippen LogP contribution in [0.2, 0.25) is 0 Å². The Morgan fingerprint density at radius 2 is 1.17 bits per heavy atom. The van der Waals surface area contributed by atoms with Crippen LogP contribution >= 0.6 is 0 Å². The van der Waals surface area contributed by atoms with Crippen LogP contribution in [0.15, 0.2) is 72.8 Å². The summed E-state index contributed by atoms with van der Waals surface area (Å²) in [6.45, 7) is 3.78. The Morgan fingerprint density at radius 1 is 0.583 bits per heavy atom. The molecular formula is C22H18O2. The second-order valence-electron chi connectivity index (χ2n) is 5.84. The van der Waals surface area contributed by atoms with Gasteiger partial charge in [-0.05, 0) is 25.0 Å². The van der Waals surface area contributed by atoms with Crippen LogP contribution in [0.5, 0.6) is 0 Å². The highest BCUT2D eigenvalue weighted by Crippen LogP contribution is 2.23. The summed E-state index contributed by atoms with van der Waals surface area (Å²) >= 11 is 0. The van der Waals surface area contributed by atoms with E-state index in [1.54, 1.807) is 24.3 Å². The maximum Gasteiger partial charge on any atom is 0.194 e. The van der Waals surface area contributed by atoms with Crippen LogP contribution in [0.4, 0.5) is 0 Å². The molecule has 0 aromatic heterocycles. The molecule has 3 aromatic carbocycles. The molecule has 2 heteroatoms. The van der Waals surface area contributed by atoms with E-state index in [4.69, 9.17) is 0 Å². The summed E-state index contributed by atoms with van der Waals surface area (Å²) < 4.78 is 0. The van der Waals surface area contributed by atoms with Gasteiger partial charge < -0.3 is 0 Å². The van der Waals surface area contributed by atoms with Crippen LogP contribution < -0.4 is 0 Å². The molecular weight excluding hydrogens is 296 g/mol. The van der Waals surface area contributed by atoms with E-state index in [2.05, 4.69) is 0 Å². The van der Waals surface area contributed by atoms with E-state index in [1.165, 1.54) is 0 Å². The minimum absolute atomic E-state index is 0.106. The summed E-state index contributed by atoms with van der Waals surface area (Å²) in [5.41, 5.74) is 3.87. The first-order valence-electron chi connectivity index (χ1n) is 7.89. The molecule has 0 saturated heterocycles. The Morgan fingerprint density at radius 3 is 1.88 bits per heavy atom. The Kier molecular flexibility index (Phi) is 4.39. The Labute approximate surface area is 141 Å². The fourth-order valence-corrected chi connectivity index (χ4v) is 2.87. The van der Waals surface area contributed by atoms with Gasteiger partial charge >= 0.3 is 0 Å². The monoisotopic (exact) mass is 314 g/mol. The first kappa shape index (κ1) is 15.9. The van der Waals surface area contributed by atoms with Gasteiger partial charge in [-0.3, -0.25) is 9.59 Å². The van der Waals surface area contributed by atoms with Gasteiger partial charge in [0.05, 0.1) is 0 Å². The summed E-state index contributed by atoms with van der Waals surface area (Å²) in [7, 11) is 0. The number of carbonyl (C=O) groups is 2. The maximum absolute atomic E-state index is 13.1. The molecule has 3 rings (SSSR count). The van der Waals surface area contributed by atoms with Gasteiger partial charge in [0.15, 0.2) is 11.6 Å². The number of rotatable bonds is 4. The third-order valence-corrected chi connectivity index (χ3v) is 4.17. The Hall–Kier alpha value is -3.00. The van der Waals surface area contributed by atoms with Gasteiger partial charge in [0, 0.05) is 22.3 Å². The number of ketones is 2. The van der Waals surface area contributed by atoms with Crippen molar-refractivity contribution in [1.29, 1.82) is 0 Å². The molecule has 118 valence electrons. The van der Waals surface area contributed by atoms with Crippen LogP contribution in [0.25, 0.3) is 0 Å². The third kappa shape index (κ3) is 2.91. The molecule has 0 atom stereocenters. The number of hydrogen-bond acceptors (Lipinski definition) is 2. The molecule has 0 fully saturated rings. The van der Waals surface area contributed by atoms with Crippen LogP contribution in [-0.2, 0) is 0 Å². The van der Waals surface area contributed by atoms with E-state index in [0.29, 0.717) is 22.3 Å². The van der Waals surface area contributed by atoms with E-state index in [1.807, 2.05) is 62.4 Å². The smallest absolute Gasteiger partial charge is 0.194 e. The molecule has 0 N–H and O–H groups in total. The lowest BCUT2D eigenvalue weighted by Gasteiger charge is -2.12. The summed E-state index contributed by atoms with van der Waals surface area (Å²) in [5.74, 6) is -0.235. The molecule has 0 radical (unpaired) electrons. The van der Waals surface area contributed by atoms with Crippen LogP contribution in [0.3, 0.4) is 0 Å². The van der Waals surface area contributed by atoms with E-state index < -0.39 is 0 Å². The fourth-order valence-electron chi connectivity index (χ4n) is 2.87. The summed E-state index contributed by atoms with van der Waals surface area (Å²) in [6.07, 6.45) is 0. The first-order chi connectivity index (χ1) is 11.6. The minimum Gasteiger partial charge on any atom is -0.289 e.